The van der Waals surface area contributed by atoms with Gasteiger partial charge in [-0.3, -0.25) is 14.3 Å². The molecule has 0 unspecified atom stereocenters. The summed E-state index contributed by atoms with van der Waals surface area (Å²) >= 11 is 1.52. The molecule has 2 heterocycles. The van der Waals surface area contributed by atoms with Crippen molar-refractivity contribution in [1.82, 2.24) is 14.5 Å². The summed E-state index contributed by atoms with van der Waals surface area (Å²) in [6, 6.07) is 0. The van der Waals surface area contributed by atoms with Crippen LogP contribution in [0.4, 0.5) is 11.5 Å². The number of aromatic amines is 1. The van der Waals surface area contributed by atoms with E-state index in [2.05, 4.69) is 15.3 Å². The first-order valence-corrected chi connectivity index (χ1v) is 7.11. The van der Waals surface area contributed by atoms with Crippen LogP contribution in [-0.4, -0.2) is 28.3 Å². The molecule has 0 fully saturated rings. The van der Waals surface area contributed by atoms with Gasteiger partial charge in [0.1, 0.15) is 11.5 Å². The highest BCUT2D eigenvalue weighted by Gasteiger charge is 2.12. The van der Waals surface area contributed by atoms with Gasteiger partial charge in [0.2, 0.25) is 0 Å². The molecule has 0 aliphatic heterocycles. The lowest BCUT2D eigenvalue weighted by Crippen LogP contribution is -2.34. The van der Waals surface area contributed by atoms with Crippen LogP contribution in [0.15, 0.2) is 15.8 Å². The second-order valence-electron chi connectivity index (χ2n) is 4.36. The number of nitrogen functional groups attached to an aromatic ring is 1. The van der Waals surface area contributed by atoms with Gasteiger partial charge >= 0.3 is 5.69 Å². The van der Waals surface area contributed by atoms with Crippen LogP contribution in [0.25, 0.3) is 0 Å². The quantitative estimate of drug-likeness (QED) is 0.699. The maximum absolute atomic E-state index is 11.9. The predicted octanol–water partition coefficient (Wildman–Crippen LogP) is 0.142. The van der Waals surface area contributed by atoms with Crippen molar-refractivity contribution in [2.24, 2.45) is 0 Å². The summed E-state index contributed by atoms with van der Waals surface area (Å²) in [5, 5.41) is 3.90. The molecule has 0 bridgehead atoms. The van der Waals surface area contributed by atoms with E-state index in [4.69, 9.17) is 10.5 Å². The molecule has 9 heteroatoms. The van der Waals surface area contributed by atoms with E-state index < -0.39 is 11.2 Å². The van der Waals surface area contributed by atoms with Crippen LogP contribution < -0.4 is 22.3 Å². The number of aromatic nitrogens is 3. The largest absolute Gasteiger partial charge is 0.383 e. The molecule has 0 atom stereocenters. The van der Waals surface area contributed by atoms with E-state index in [-0.39, 0.29) is 18.1 Å². The van der Waals surface area contributed by atoms with Crippen molar-refractivity contribution in [3.63, 3.8) is 0 Å². The molecule has 0 saturated heterocycles. The number of nitrogens with two attached hydrogens (primary N) is 1. The molecular formula is C12H17N5O3S. The Morgan fingerprint density at radius 1 is 1.52 bits per heavy atom. The van der Waals surface area contributed by atoms with Gasteiger partial charge < -0.3 is 15.8 Å². The lowest BCUT2D eigenvalue weighted by atomic mass is 10.4. The van der Waals surface area contributed by atoms with Crippen molar-refractivity contribution < 1.29 is 4.74 Å². The van der Waals surface area contributed by atoms with E-state index in [1.54, 1.807) is 6.20 Å². The Hall–Kier alpha value is -2.13. The van der Waals surface area contributed by atoms with E-state index in [9.17, 15) is 9.59 Å². The van der Waals surface area contributed by atoms with Crippen LogP contribution in [-0.2, 0) is 17.8 Å². The van der Waals surface area contributed by atoms with Crippen LogP contribution in [0.5, 0.6) is 0 Å². The molecule has 4 N–H and O–H groups in total. The number of thiazole rings is 1. The average molecular weight is 311 g/mol. The van der Waals surface area contributed by atoms with Gasteiger partial charge in [0.25, 0.3) is 5.56 Å². The highest BCUT2D eigenvalue weighted by Crippen LogP contribution is 2.15. The summed E-state index contributed by atoms with van der Waals surface area (Å²) in [5.41, 5.74) is 5.00. The topological polar surface area (TPSA) is 115 Å². The first kappa shape index (κ1) is 15.3. The molecule has 2 aromatic rings. The fraction of sp³-hybridized carbons (Fsp3) is 0.417. The minimum absolute atomic E-state index is 0.0991. The number of anilines is 2. The van der Waals surface area contributed by atoms with Gasteiger partial charge in [0.05, 0.1) is 24.7 Å². The molecule has 2 aromatic heterocycles. The highest BCUT2D eigenvalue weighted by molar-refractivity contribution is 7.11. The number of ether oxygens (including phenoxy) is 1. The number of aryl methyl sites for hydroxylation is 1. The Balaban J connectivity index is 2.26. The van der Waals surface area contributed by atoms with Crippen molar-refractivity contribution in [2.75, 3.05) is 24.8 Å². The van der Waals surface area contributed by atoms with Gasteiger partial charge in [-0.05, 0) is 6.92 Å². The van der Waals surface area contributed by atoms with Crippen molar-refractivity contribution in [3.8, 4) is 0 Å². The highest BCUT2D eigenvalue weighted by atomic mass is 32.1. The van der Waals surface area contributed by atoms with E-state index in [0.717, 1.165) is 9.88 Å². The molecule has 0 aliphatic carbocycles. The maximum Gasteiger partial charge on any atom is 0.330 e. The lowest BCUT2D eigenvalue weighted by molar-refractivity contribution is 0.186. The zero-order chi connectivity index (χ0) is 15.4. The molecule has 0 saturated carbocycles. The molecule has 0 radical (unpaired) electrons. The Bertz CT molecular complexity index is 733. The fourth-order valence-corrected chi connectivity index (χ4v) is 2.56. The smallest absolute Gasteiger partial charge is 0.330 e. The molecular weight excluding hydrogens is 294 g/mol. The predicted molar refractivity (Wildman–Crippen MR) is 81.8 cm³/mol. The third kappa shape index (κ3) is 3.50. The van der Waals surface area contributed by atoms with Crippen molar-refractivity contribution in [2.45, 2.75) is 20.0 Å². The second-order valence-corrected chi connectivity index (χ2v) is 5.68. The maximum atomic E-state index is 11.9. The van der Waals surface area contributed by atoms with E-state index in [1.807, 2.05) is 6.92 Å². The van der Waals surface area contributed by atoms with Crippen LogP contribution in [0.1, 0.15) is 9.88 Å². The van der Waals surface area contributed by atoms with Crippen molar-refractivity contribution in [3.05, 3.63) is 36.9 Å². The molecule has 0 aromatic carbocycles. The van der Waals surface area contributed by atoms with Crippen molar-refractivity contribution >= 4 is 22.8 Å². The molecule has 0 amide bonds. The summed E-state index contributed by atoms with van der Waals surface area (Å²) in [4.78, 5) is 30.9. The molecule has 114 valence electrons. The Morgan fingerprint density at radius 3 is 2.90 bits per heavy atom. The number of hydrogen-bond donors (Lipinski definition) is 3. The number of methoxy groups -OCH3 is 1. The Kier molecular flexibility index (Phi) is 4.76. The molecule has 8 nitrogen and oxygen atoms in total. The first-order valence-electron chi connectivity index (χ1n) is 6.29. The second kappa shape index (κ2) is 6.55. The van der Waals surface area contributed by atoms with Crippen LogP contribution in [0, 0.1) is 6.92 Å². The zero-order valence-corrected chi connectivity index (χ0v) is 12.6. The van der Waals surface area contributed by atoms with Gasteiger partial charge in [-0.2, -0.15) is 0 Å². The van der Waals surface area contributed by atoms with Gasteiger partial charge in [-0.1, -0.05) is 0 Å². The first-order chi connectivity index (χ1) is 10.0. The number of nitrogens with zero attached hydrogens (tertiary/aromatic N) is 2. The summed E-state index contributed by atoms with van der Waals surface area (Å²) < 4.78 is 6.19. The monoisotopic (exact) mass is 311 g/mol. The van der Waals surface area contributed by atoms with Gasteiger partial charge in [0, 0.05) is 18.2 Å². The van der Waals surface area contributed by atoms with Crippen LogP contribution in [0.3, 0.4) is 0 Å². The van der Waals surface area contributed by atoms with E-state index in [0.29, 0.717) is 13.2 Å². The molecule has 0 aliphatic rings. The standard InChI is InChI=1S/C12H17N5O3S/c1-7-14-5-8(21-7)6-15-9-10(13)17(3-4-20-2)12(19)16-11(9)18/h5,15H,3-4,6,13H2,1-2H3,(H,16,18,19). The van der Waals surface area contributed by atoms with Gasteiger partial charge in [-0.25, -0.2) is 9.78 Å². The summed E-state index contributed by atoms with van der Waals surface area (Å²) in [6.45, 7) is 2.91. The average Bonchev–Trinajstić information content (AvgIpc) is 2.84. The third-order valence-electron chi connectivity index (χ3n) is 2.87. The van der Waals surface area contributed by atoms with Crippen LogP contribution in [0.2, 0.25) is 0 Å². The Morgan fingerprint density at radius 2 is 2.29 bits per heavy atom. The lowest BCUT2D eigenvalue weighted by Gasteiger charge is -2.13. The zero-order valence-electron chi connectivity index (χ0n) is 11.8. The van der Waals surface area contributed by atoms with Crippen LogP contribution >= 0.6 is 11.3 Å². The SMILES string of the molecule is COCCn1c(N)c(NCc2cnc(C)s2)c(=O)[nH]c1=O. The minimum atomic E-state index is -0.547. The molecule has 2 rings (SSSR count). The van der Waals surface area contributed by atoms with Gasteiger partial charge in [-0.15, -0.1) is 11.3 Å². The molecule has 0 spiro atoms. The molecule has 21 heavy (non-hydrogen) atoms. The van der Waals surface area contributed by atoms with E-state index in [1.165, 1.54) is 23.0 Å². The third-order valence-corrected chi connectivity index (χ3v) is 3.78. The minimum Gasteiger partial charge on any atom is -0.383 e. The normalized spacial score (nSPS) is 10.8. The van der Waals surface area contributed by atoms with Gasteiger partial charge in [0.15, 0.2) is 0 Å². The number of nitrogens with one attached hydrogen (secondary N) is 2. The summed E-state index contributed by atoms with van der Waals surface area (Å²) in [7, 11) is 1.53. The van der Waals surface area contributed by atoms with E-state index >= 15 is 0 Å². The number of H-pyrrole nitrogens is 1. The Labute approximate surface area is 124 Å². The summed E-state index contributed by atoms with van der Waals surface area (Å²) in [5.74, 6) is 0.0991. The summed E-state index contributed by atoms with van der Waals surface area (Å²) in [6.07, 6.45) is 1.73. The number of rotatable bonds is 6. The number of hydrogen-bond acceptors (Lipinski definition) is 7. The fourth-order valence-electron chi connectivity index (χ4n) is 1.83. The van der Waals surface area contributed by atoms with Crippen molar-refractivity contribution in [1.29, 1.82) is 0 Å².